The summed E-state index contributed by atoms with van der Waals surface area (Å²) in [7, 11) is 6.63. The fourth-order valence-corrected chi connectivity index (χ4v) is 6.95. The monoisotopic (exact) mass is 696 g/mol. The Labute approximate surface area is 285 Å². The average Bonchev–Trinajstić information content (AvgIpc) is 3.09. The maximum absolute atomic E-state index is 14.6. The van der Waals surface area contributed by atoms with Crippen molar-refractivity contribution in [2.45, 2.75) is 25.1 Å². The zero-order valence-electron chi connectivity index (χ0n) is 27.3. The summed E-state index contributed by atoms with van der Waals surface area (Å²) in [6.07, 6.45) is 5.58. The molecule has 4 heterocycles. The van der Waals surface area contributed by atoms with Crippen LogP contribution in [-0.2, 0) is 6.18 Å². The number of rotatable bonds is 9. The molecule has 2 fully saturated rings. The van der Waals surface area contributed by atoms with Gasteiger partial charge in [0.2, 0.25) is 5.95 Å². The van der Waals surface area contributed by atoms with Crippen LogP contribution < -0.4 is 25.1 Å². The van der Waals surface area contributed by atoms with Crippen LogP contribution in [-0.4, -0.2) is 95.4 Å². The van der Waals surface area contributed by atoms with Gasteiger partial charge in [-0.05, 0) is 49.7 Å². The minimum absolute atomic E-state index is 0.0188. The second-order valence-corrected chi connectivity index (χ2v) is 13.6. The third-order valence-electron chi connectivity index (χ3n) is 9.07. The molecule has 2 saturated heterocycles. The number of fused-ring (bicyclic) bond motifs is 1. The molecule has 2 aromatic heterocycles. The van der Waals surface area contributed by atoms with Crippen molar-refractivity contribution < 1.29 is 13.2 Å². The number of aromatic nitrogens is 4. The Bertz CT molecular complexity index is 1780. The first kappa shape index (κ1) is 34.2. The molecule has 2 aliphatic rings. The van der Waals surface area contributed by atoms with E-state index in [0.717, 1.165) is 50.2 Å². The van der Waals surface area contributed by atoms with Crippen LogP contribution in [0.4, 0.5) is 47.7 Å². The average molecular weight is 697 g/mol. The summed E-state index contributed by atoms with van der Waals surface area (Å²) in [5, 5.41) is 6.84. The molecule has 2 N–H and O–H groups in total. The van der Waals surface area contributed by atoms with Crippen LogP contribution in [0.2, 0.25) is 0 Å². The normalized spacial score (nSPS) is 16.7. The Morgan fingerprint density at radius 3 is 2.42 bits per heavy atom. The molecule has 4 aromatic rings. The molecule has 254 valence electrons. The van der Waals surface area contributed by atoms with Crippen molar-refractivity contribution >= 4 is 78.1 Å². The summed E-state index contributed by atoms with van der Waals surface area (Å²) in [4.78, 5) is 24.8. The van der Waals surface area contributed by atoms with Gasteiger partial charge in [0, 0.05) is 88.2 Å². The fourth-order valence-electron chi connectivity index (χ4n) is 6.37. The number of alkyl halides is 3. The van der Waals surface area contributed by atoms with Gasteiger partial charge in [-0.1, -0.05) is 33.8 Å². The highest BCUT2D eigenvalue weighted by molar-refractivity contribution is 7.99. The molecule has 10 nitrogen and oxygen atoms in total. The number of hydrogen-bond acceptors (Lipinski definition) is 11. The zero-order valence-corrected chi connectivity index (χ0v) is 29.2. The lowest BCUT2D eigenvalue weighted by Gasteiger charge is -2.43. The lowest BCUT2D eigenvalue weighted by Crippen LogP contribution is -2.52. The minimum Gasteiger partial charge on any atom is -0.371 e. The second-order valence-electron chi connectivity index (χ2n) is 12.0. The Hall–Kier alpha value is -3.71. The second kappa shape index (κ2) is 14.4. The van der Waals surface area contributed by atoms with Crippen LogP contribution in [0.15, 0.2) is 49.4 Å². The van der Waals surface area contributed by atoms with Gasteiger partial charge in [-0.3, -0.25) is 14.9 Å². The van der Waals surface area contributed by atoms with Gasteiger partial charge >= 0.3 is 6.18 Å². The lowest BCUT2D eigenvalue weighted by atomic mass is 9.99. The summed E-state index contributed by atoms with van der Waals surface area (Å²) in [5.74, 6) is 0.430. The molecule has 0 saturated carbocycles. The van der Waals surface area contributed by atoms with Crippen molar-refractivity contribution in [2.24, 2.45) is 0 Å². The van der Waals surface area contributed by atoms with E-state index >= 15 is 0 Å². The van der Waals surface area contributed by atoms with Crippen molar-refractivity contribution in [2.75, 3.05) is 79.5 Å². The molecule has 0 radical (unpaired) electrons. The summed E-state index contributed by atoms with van der Waals surface area (Å²) in [6, 6.07) is 6.91. The molecule has 0 aliphatic carbocycles. The first-order valence-corrected chi connectivity index (χ1v) is 17.5. The molecule has 0 amide bonds. The molecule has 1 unspecified atom stereocenters. The van der Waals surface area contributed by atoms with Gasteiger partial charge in [-0.2, -0.15) is 18.2 Å². The topological polar surface area (TPSA) is 88.6 Å². The molecule has 1 atom stereocenters. The van der Waals surface area contributed by atoms with Gasteiger partial charge in [0.05, 0.1) is 28.1 Å². The van der Waals surface area contributed by atoms with Crippen LogP contribution in [0.3, 0.4) is 0 Å². The number of nitrogens with zero attached hydrogens (tertiary/aromatic N) is 8. The number of hydrogen-bond donors (Lipinski definition) is 2. The van der Waals surface area contributed by atoms with Crippen LogP contribution in [0.25, 0.3) is 17.1 Å². The highest BCUT2D eigenvalue weighted by Crippen LogP contribution is 2.41. The maximum Gasteiger partial charge on any atom is 0.418 e. The van der Waals surface area contributed by atoms with Gasteiger partial charge in [0.15, 0.2) is 0 Å². The van der Waals surface area contributed by atoms with Crippen LogP contribution in [0, 0.1) is 0 Å². The number of piperidine rings is 1. The molecule has 0 spiro atoms. The number of benzene rings is 2. The van der Waals surface area contributed by atoms with Crippen LogP contribution in [0.1, 0.15) is 24.0 Å². The summed E-state index contributed by atoms with van der Waals surface area (Å²) < 4.78 is 45.8. The van der Waals surface area contributed by atoms with E-state index in [1.54, 1.807) is 24.7 Å². The first-order valence-electron chi connectivity index (χ1n) is 15.8. The zero-order chi connectivity index (χ0) is 34.0. The smallest absolute Gasteiger partial charge is 0.371 e. The highest BCUT2D eigenvalue weighted by atomic mass is 32.2. The maximum atomic E-state index is 14.6. The molecule has 0 bridgehead atoms. The Kier molecular flexibility index (Phi) is 10.3. The van der Waals surface area contributed by atoms with E-state index < -0.39 is 11.7 Å². The van der Waals surface area contributed by atoms with Gasteiger partial charge in [-0.15, -0.1) is 0 Å². The van der Waals surface area contributed by atoms with Crippen molar-refractivity contribution in [1.82, 2.24) is 29.7 Å². The number of likely N-dealkylation sites (N-methyl/N-ethyl adjacent to an activating group) is 1. The Morgan fingerprint density at radius 1 is 1.00 bits per heavy atom. The molecule has 6 rings (SSSR count). The quantitative estimate of drug-likeness (QED) is 0.160. The third kappa shape index (κ3) is 7.31. The van der Waals surface area contributed by atoms with Gasteiger partial charge < -0.3 is 24.7 Å². The van der Waals surface area contributed by atoms with Gasteiger partial charge in [-0.25, -0.2) is 4.98 Å². The van der Waals surface area contributed by atoms with E-state index in [0.29, 0.717) is 52.7 Å². The van der Waals surface area contributed by atoms with E-state index in [2.05, 4.69) is 68.1 Å². The van der Waals surface area contributed by atoms with Crippen LogP contribution in [0.5, 0.6) is 0 Å². The minimum atomic E-state index is -4.61. The highest BCUT2D eigenvalue weighted by Gasteiger charge is 2.36. The molecule has 2 aromatic carbocycles. The number of halogens is 3. The number of nitrogens with one attached hydrogen (secondary N) is 2. The van der Waals surface area contributed by atoms with Crippen molar-refractivity contribution in [3.8, 4) is 0 Å². The van der Waals surface area contributed by atoms with E-state index in [1.165, 1.54) is 24.1 Å². The molecular weight excluding hydrogens is 656 g/mol. The predicted octanol–water partition coefficient (Wildman–Crippen LogP) is 6.00. The number of anilines is 6. The fraction of sp³-hybridized carbons (Fsp3) is 0.394. The van der Waals surface area contributed by atoms with E-state index in [1.807, 2.05) is 29.7 Å². The molecular formula is C33H40F3N10PS. The summed E-state index contributed by atoms with van der Waals surface area (Å²) >= 11 is 1.51. The first-order chi connectivity index (χ1) is 23.0. The largest absolute Gasteiger partial charge is 0.418 e. The summed E-state index contributed by atoms with van der Waals surface area (Å²) in [6.45, 7) is 9.45. The molecule has 2 aliphatic heterocycles. The summed E-state index contributed by atoms with van der Waals surface area (Å²) in [5.41, 5.74) is 3.17. The van der Waals surface area contributed by atoms with E-state index in [9.17, 15) is 13.2 Å². The van der Waals surface area contributed by atoms with Gasteiger partial charge in [0.1, 0.15) is 11.3 Å². The Morgan fingerprint density at radius 2 is 1.73 bits per heavy atom. The van der Waals surface area contributed by atoms with Gasteiger partial charge in [0.25, 0.3) is 0 Å². The van der Waals surface area contributed by atoms with Crippen molar-refractivity contribution in [3.63, 3.8) is 0 Å². The third-order valence-corrected chi connectivity index (χ3v) is 10.2. The Balaban J connectivity index is 1.27. The predicted molar refractivity (Wildman–Crippen MR) is 195 cm³/mol. The SMILES string of the molecule is C=Cc1cc(Nc2ncc(P)c(Nc3ccc4nccnc4c3N(C)SC)n2)c(C(F)(F)F)cc1N1CCC(N2CCN(C)CC2)CC1. The lowest BCUT2D eigenvalue weighted by molar-refractivity contribution is -0.136. The van der Waals surface area contributed by atoms with Crippen molar-refractivity contribution in [3.05, 3.63) is 60.6 Å². The standard InChI is InChI=1S/C33H40F3N10PS/c1-5-21-18-26(23(33(34,35)36)19-27(21)46-12-8-22(9-13-46)45-16-14-43(2)15-17-45)41-32-39-20-28(47)31(42-32)40-25-7-6-24-29(38-11-10-37-24)30(25)44(3)48-4/h5-7,10-11,18-20,22H,1,8-9,12-17,47H2,2-4H3,(H2,39,40,41,42). The van der Waals surface area contributed by atoms with Crippen molar-refractivity contribution in [1.29, 1.82) is 0 Å². The molecule has 48 heavy (non-hydrogen) atoms. The van der Waals surface area contributed by atoms with Crippen LogP contribution >= 0.6 is 21.2 Å². The number of piperazine rings is 1. The van der Waals surface area contributed by atoms with E-state index in [4.69, 9.17) is 0 Å². The van der Waals surface area contributed by atoms with E-state index in [-0.39, 0.29) is 11.6 Å². The molecule has 15 heteroatoms.